The summed E-state index contributed by atoms with van der Waals surface area (Å²) in [5.41, 5.74) is 0.698. The molecular weight excluding hydrogens is 270 g/mol. The van der Waals surface area contributed by atoms with E-state index in [1.165, 1.54) is 7.11 Å². The fourth-order valence-electron chi connectivity index (χ4n) is 1.64. The molecule has 1 rings (SSSR count). The van der Waals surface area contributed by atoms with Crippen molar-refractivity contribution in [3.63, 3.8) is 0 Å². The van der Waals surface area contributed by atoms with E-state index in [-0.39, 0.29) is 0 Å². The molecule has 0 fully saturated rings. The van der Waals surface area contributed by atoms with Crippen LogP contribution in [0.3, 0.4) is 0 Å². The highest BCUT2D eigenvalue weighted by molar-refractivity contribution is 7.89. The van der Waals surface area contributed by atoms with Crippen LogP contribution in [0.25, 0.3) is 0 Å². The molecular formula is C12H17NO5S. The second kappa shape index (κ2) is 6.53. The van der Waals surface area contributed by atoms with Gasteiger partial charge >= 0.3 is 5.97 Å². The zero-order valence-electron chi connectivity index (χ0n) is 10.8. The van der Waals surface area contributed by atoms with Gasteiger partial charge in [-0.3, -0.25) is 4.79 Å². The summed E-state index contributed by atoms with van der Waals surface area (Å²) in [6.07, 6.45) is -0.423. The number of benzene rings is 1. The van der Waals surface area contributed by atoms with Crippen molar-refractivity contribution in [2.75, 3.05) is 12.9 Å². The van der Waals surface area contributed by atoms with Crippen LogP contribution in [0, 0.1) is 0 Å². The molecule has 1 atom stereocenters. The van der Waals surface area contributed by atoms with Crippen molar-refractivity contribution in [2.45, 2.75) is 19.4 Å². The maximum absolute atomic E-state index is 11.7. The zero-order valence-corrected chi connectivity index (χ0v) is 11.6. The van der Waals surface area contributed by atoms with Gasteiger partial charge in [0.1, 0.15) is 5.75 Å². The number of sulfonamides is 1. The zero-order chi connectivity index (χ0) is 14.5. The van der Waals surface area contributed by atoms with Gasteiger partial charge < -0.3 is 9.84 Å². The smallest absolute Gasteiger partial charge is 0.304 e. The minimum Gasteiger partial charge on any atom is -0.496 e. The summed E-state index contributed by atoms with van der Waals surface area (Å²) in [6, 6.07) is 6.56. The molecule has 0 aliphatic rings. The van der Waals surface area contributed by atoms with Gasteiger partial charge in [-0.2, -0.15) is 0 Å². The lowest BCUT2D eigenvalue weighted by molar-refractivity contribution is -0.136. The Morgan fingerprint density at radius 2 is 2.05 bits per heavy atom. The van der Waals surface area contributed by atoms with E-state index in [0.717, 1.165) is 0 Å². The highest BCUT2D eigenvalue weighted by Gasteiger charge is 2.19. The Labute approximate surface area is 112 Å². The quantitative estimate of drug-likeness (QED) is 0.784. The number of nitrogens with one attached hydrogen (secondary N) is 1. The van der Waals surface area contributed by atoms with Crippen molar-refractivity contribution in [1.29, 1.82) is 0 Å². The van der Waals surface area contributed by atoms with Gasteiger partial charge in [0.15, 0.2) is 0 Å². The number of hydrogen-bond acceptors (Lipinski definition) is 4. The number of carboxylic acid groups (broad SMARTS) is 1. The van der Waals surface area contributed by atoms with Crippen LogP contribution in [-0.2, 0) is 14.8 Å². The van der Waals surface area contributed by atoms with Gasteiger partial charge in [0.25, 0.3) is 0 Å². The number of carboxylic acids is 1. The number of hydrogen-bond donors (Lipinski definition) is 2. The number of aliphatic carboxylic acids is 1. The molecule has 0 aromatic heterocycles. The molecule has 19 heavy (non-hydrogen) atoms. The van der Waals surface area contributed by atoms with Gasteiger partial charge in [0, 0.05) is 11.6 Å². The topological polar surface area (TPSA) is 92.7 Å². The number of ether oxygens (including phenoxy) is 1. The lowest BCUT2D eigenvalue weighted by atomic mass is 10.1. The highest BCUT2D eigenvalue weighted by atomic mass is 32.2. The summed E-state index contributed by atoms with van der Waals surface area (Å²) in [4.78, 5) is 10.4. The van der Waals surface area contributed by atoms with Gasteiger partial charge in [-0.05, 0) is 13.0 Å². The molecule has 2 N–H and O–H groups in total. The first-order valence-corrected chi connectivity index (χ1v) is 7.35. The van der Waals surface area contributed by atoms with E-state index in [2.05, 4.69) is 4.72 Å². The van der Waals surface area contributed by atoms with Crippen LogP contribution < -0.4 is 9.46 Å². The first kappa shape index (κ1) is 15.5. The van der Waals surface area contributed by atoms with Crippen molar-refractivity contribution in [3.05, 3.63) is 29.8 Å². The van der Waals surface area contributed by atoms with E-state index in [1.807, 2.05) is 0 Å². The Hall–Kier alpha value is -1.60. The third-order valence-electron chi connectivity index (χ3n) is 2.55. The normalized spacial score (nSPS) is 12.9. The highest BCUT2D eigenvalue weighted by Crippen LogP contribution is 2.24. The third-order valence-corrected chi connectivity index (χ3v) is 4.00. The SMILES string of the molecule is COc1ccccc1C(C)NS(=O)(=O)CCC(=O)O. The molecule has 0 aliphatic heterocycles. The van der Waals surface area contributed by atoms with Crippen molar-refractivity contribution in [3.8, 4) is 5.75 Å². The van der Waals surface area contributed by atoms with Gasteiger partial charge in [0.05, 0.1) is 19.3 Å². The van der Waals surface area contributed by atoms with Gasteiger partial charge in [0.2, 0.25) is 10.0 Å². The molecule has 0 bridgehead atoms. The van der Waals surface area contributed by atoms with Crippen LogP contribution in [0.15, 0.2) is 24.3 Å². The minimum atomic E-state index is -3.64. The van der Waals surface area contributed by atoms with E-state index in [4.69, 9.17) is 9.84 Å². The molecule has 1 unspecified atom stereocenters. The van der Waals surface area contributed by atoms with Crippen LogP contribution in [0.1, 0.15) is 24.9 Å². The molecule has 6 nitrogen and oxygen atoms in total. The summed E-state index contributed by atoms with van der Waals surface area (Å²) in [5, 5.41) is 8.50. The van der Waals surface area contributed by atoms with Gasteiger partial charge in [-0.1, -0.05) is 18.2 Å². The molecule has 0 saturated heterocycles. The van der Waals surface area contributed by atoms with E-state index >= 15 is 0 Å². The molecule has 0 saturated carbocycles. The van der Waals surface area contributed by atoms with Crippen molar-refractivity contribution in [2.24, 2.45) is 0 Å². The number of para-hydroxylation sites is 1. The predicted octanol–water partition coefficient (Wildman–Crippen LogP) is 1.15. The largest absolute Gasteiger partial charge is 0.496 e. The van der Waals surface area contributed by atoms with E-state index in [1.54, 1.807) is 31.2 Å². The maximum atomic E-state index is 11.7. The van der Waals surface area contributed by atoms with E-state index in [9.17, 15) is 13.2 Å². The lowest BCUT2D eigenvalue weighted by Crippen LogP contribution is -2.30. The molecule has 1 aromatic carbocycles. The van der Waals surface area contributed by atoms with Crippen molar-refractivity contribution < 1.29 is 23.1 Å². The lowest BCUT2D eigenvalue weighted by Gasteiger charge is -2.17. The summed E-state index contributed by atoms with van der Waals surface area (Å²) < 4.78 is 31.0. The predicted molar refractivity (Wildman–Crippen MR) is 70.6 cm³/mol. The number of carbonyl (C=O) groups is 1. The molecule has 7 heteroatoms. The summed E-state index contributed by atoms with van der Waals surface area (Å²) >= 11 is 0. The second-order valence-electron chi connectivity index (χ2n) is 4.04. The molecule has 0 spiro atoms. The number of methoxy groups -OCH3 is 1. The fourth-order valence-corrected chi connectivity index (χ4v) is 2.86. The number of rotatable bonds is 7. The van der Waals surface area contributed by atoms with Crippen LogP contribution in [0.2, 0.25) is 0 Å². The Balaban J connectivity index is 2.78. The molecule has 0 amide bonds. The summed E-state index contributed by atoms with van der Waals surface area (Å²) in [5.74, 6) is -1.01. The van der Waals surface area contributed by atoms with Crippen LogP contribution in [0.4, 0.5) is 0 Å². The summed E-state index contributed by atoms with van der Waals surface area (Å²) in [7, 11) is -2.13. The van der Waals surface area contributed by atoms with Gasteiger partial charge in [-0.15, -0.1) is 0 Å². The molecule has 106 valence electrons. The van der Waals surface area contributed by atoms with E-state index < -0.39 is 34.2 Å². The van der Waals surface area contributed by atoms with E-state index in [0.29, 0.717) is 11.3 Å². The fraction of sp³-hybridized carbons (Fsp3) is 0.417. The van der Waals surface area contributed by atoms with Crippen molar-refractivity contribution in [1.82, 2.24) is 4.72 Å². The molecule has 0 heterocycles. The second-order valence-corrected chi connectivity index (χ2v) is 5.92. The average molecular weight is 287 g/mol. The first-order chi connectivity index (χ1) is 8.85. The Morgan fingerprint density at radius 3 is 2.63 bits per heavy atom. The minimum absolute atomic E-state index is 0.423. The van der Waals surface area contributed by atoms with Crippen LogP contribution >= 0.6 is 0 Å². The molecule has 1 aromatic rings. The summed E-state index contributed by atoms with van der Waals surface area (Å²) in [6.45, 7) is 1.68. The van der Waals surface area contributed by atoms with Gasteiger partial charge in [-0.25, -0.2) is 13.1 Å². The van der Waals surface area contributed by atoms with Crippen LogP contribution in [0.5, 0.6) is 5.75 Å². The Kier molecular flexibility index (Phi) is 5.31. The Bertz CT molecular complexity index is 541. The first-order valence-electron chi connectivity index (χ1n) is 5.70. The molecule has 0 aliphatic carbocycles. The van der Waals surface area contributed by atoms with Crippen LogP contribution in [-0.4, -0.2) is 32.4 Å². The average Bonchev–Trinajstić information content (AvgIpc) is 2.36. The Morgan fingerprint density at radius 1 is 1.42 bits per heavy atom. The monoisotopic (exact) mass is 287 g/mol. The molecule has 0 radical (unpaired) electrons. The maximum Gasteiger partial charge on any atom is 0.304 e. The standard InChI is InChI=1S/C12H17NO5S/c1-9(10-5-3-4-6-11(10)18-2)13-19(16,17)8-7-12(14)15/h3-6,9,13H,7-8H2,1-2H3,(H,14,15). The third kappa shape index (κ3) is 4.88. The van der Waals surface area contributed by atoms with Crippen molar-refractivity contribution >= 4 is 16.0 Å².